The van der Waals surface area contributed by atoms with E-state index in [-0.39, 0.29) is 30.5 Å². The zero-order valence-corrected chi connectivity index (χ0v) is 20.7. The van der Waals surface area contributed by atoms with Crippen LogP contribution in [0.15, 0.2) is 91.5 Å². The van der Waals surface area contributed by atoms with Gasteiger partial charge in [0.2, 0.25) is 5.91 Å². The molecular weight excluding hydrogens is 509 g/mol. The quantitative estimate of drug-likeness (QED) is 0.303. The molecule has 0 bridgehead atoms. The van der Waals surface area contributed by atoms with Crippen LogP contribution in [0, 0.1) is 0 Å². The Bertz CT molecular complexity index is 1410. The van der Waals surface area contributed by atoms with Crippen molar-refractivity contribution >= 4 is 11.8 Å². The molecule has 2 aromatic carbocycles. The molecule has 0 aliphatic carbocycles. The monoisotopic (exact) mass is 534 g/mol. The Labute approximate surface area is 223 Å². The van der Waals surface area contributed by atoms with Crippen molar-refractivity contribution in [2.24, 2.45) is 0 Å². The molecule has 0 saturated carbocycles. The molecule has 0 aliphatic heterocycles. The number of aromatic nitrogens is 2. The molecule has 2 heterocycles. The Balaban J connectivity index is 1.39. The van der Waals surface area contributed by atoms with Gasteiger partial charge in [-0.15, -0.1) is 13.2 Å². The molecule has 10 heteroatoms. The number of amides is 2. The summed E-state index contributed by atoms with van der Waals surface area (Å²) in [6.07, 6.45) is 2.53. The second-order valence-electron chi connectivity index (χ2n) is 8.59. The lowest BCUT2D eigenvalue weighted by atomic mass is 9.96. The molecule has 39 heavy (non-hydrogen) atoms. The van der Waals surface area contributed by atoms with E-state index < -0.39 is 6.36 Å². The minimum Gasteiger partial charge on any atom is -0.406 e. The maximum Gasteiger partial charge on any atom is 0.573 e. The van der Waals surface area contributed by atoms with Gasteiger partial charge in [-0.05, 0) is 64.6 Å². The van der Waals surface area contributed by atoms with E-state index in [1.165, 1.54) is 12.1 Å². The summed E-state index contributed by atoms with van der Waals surface area (Å²) in [6, 6.07) is 17.9. The second-order valence-corrected chi connectivity index (χ2v) is 8.59. The van der Waals surface area contributed by atoms with Crippen LogP contribution < -0.4 is 15.4 Å². The fourth-order valence-corrected chi connectivity index (χ4v) is 3.96. The molecule has 2 aromatic heterocycles. The number of hydrogen-bond donors (Lipinski definition) is 2. The maximum atomic E-state index is 13.0. The van der Waals surface area contributed by atoms with Gasteiger partial charge in [0.25, 0.3) is 5.91 Å². The molecule has 200 valence electrons. The van der Waals surface area contributed by atoms with E-state index >= 15 is 0 Å². The largest absolute Gasteiger partial charge is 0.573 e. The van der Waals surface area contributed by atoms with Crippen LogP contribution in [0.25, 0.3) is 11.1 Å². The van der Waals surface area contributed by atoms with Gasteiger partial charge in [-0.25, -0.2) is 0 Å². The lowest BCUT2D eigenvalue weighted by Crippen LogP contribution is -2.26. The van der Waals surface area contributed by atoms with Gasteiger partial charge in [0.05, 0.1) is 6.42 Å². The van der Waals surface area contributed by atoms with E-state index in [9.17, 15) is 22.8 Å². The zero-order chi connectivity index (χ0) is 27.7. The number of nitrogens with zero attached hydrogens (tertiary/aromatic N) is 2. The van der Waals surface area contributed by atoms with E-state index in [0.29, 0.717) is 35.2 Å². The third-order valence-corrected chi connectivity index (χ3v) is 5.79. The van der Waals surface area contributed by atoms with Crippen LogP contribution in [0.4, 0.5) is 13.2 Å². The van der Waals surface area contributed by atoms with Crippen molar-refractivity contribution in [3.63, 3.8) is 0 Å². The number of carbonyl (C=O) groups is 2. The van der Waals surface area contributed by atoms with Crippen molar-refractivity contribution in [1.82, 2.24) is 20.6 Å². The van der Waals surface area contributed by atoms with Gasteiger partial charge < -0.3 is 15.4 Å². The first kappa shape index (κ1) is 27.3. The Kier molecular flexibility index (Phi) is 8.88. The molecule has 4 rings (SSSR count). The first-order valence-corrected chi connectivity index (χ1v) is 12.1. The van der Waals surface area contributed by atoms with Gasteiger partial charge in [-0.1, -0.05) is 36.4 Å². The van der Waals surface area contributed by atoms with E-state index in [1.807, 2.05) is 24.3 Å². The fraction of sp³-hybridized carbons (Fsp3) is 0.172. The highest BCUT2D eigenvalue weighted by molar-refractivity contribution is 6.01. The minimum atomic E-state index is -4.78. The Hall–Kier alpha value is -4.73. The standard InChI is InChI=1S/C29H25F3N4O3/c30-29(31,32)39-23-9-7-20(8-10-23)16-27(37)36-19-22-18-34-14-12-24(22)25-5-1-2-6-26(25)28(38)35-15-11-21-4-3-13-33-17-21/h1-10,12-14,17-18H,11,15-16,19H2,(H,35,38)(H,36,37). The highest BCUT2D eigenvalue weighted by atomic mass is 19.4. The summed E-state index contributed by atoms with van der Waals surface area (Å²) in [4.78, 5) is 33.8. The Morgan fingerprint density at radius 3 is 2.31 bits per heavy atom. The first-order valence-electron chi connectivity index (χ1n) is 12.1. The van der Waals surface area contributed by atoms with Crippen LogP contribution in [0.2, 0.25) is 0 Å². The fourth-order valence-electron chi connectivity index (χ4n) is 3.96. The van der Waals surface area contributed by atoms with Crippen LogP contribution in [-0.2, 0) is 24.2 Å². The summed E-state index contributed by atoms with van der Waals surface area (Å²) >= 11 is 0. The van der Waals surface area contributed by atoms with Crippen molar-refractivity contribution in [3.8, 4) is 16.9 Å². The maximum absolute atomic E-state index is 13.0. The van der Waals surface area contributed by atoms with Gasteiger partial charge in [0.15, 0.2) is 0 Å². The van der Waals surface area contributed by atoms with Crippen LogP contribution in [0.5, 0.6) is 5.75 Å². The van der Waals surface area contributed by atoms with Crippen LogP contribution in [0.1, 0.15) is 27.0 Å². The Morgan fingerprint density at radius 2 is 1.56 bits per heavy atom. The second kappa shape index (κ2) is 12.7. The van der Waals surface area contributed by atoms with Gasteiger partial charge in [0, 0.05) is 43.4 Å². The number of ether oxygens (including phenoxy) is 1. The predicted octanol–water partition coefficient (Wildman–Crippen LogP) is 4.87. The highest BCUT2D eigenvalue weighted by Crippen LogP contribution is 2.27. The molecule has 0 radical (unpaired) electrons. The Morgan fingerprint density at radius 1 is 0.795 bits per heavy atom. The number of alkyl halides is 3. The van der Waals surface area contributed by atoms with Crippen molar-refractivity contribution in [2.45, 2.75) is 25.7 Å². The summed E-state index contributed by atoms with van der Waals surface area (Å²) in [5, 5.41) is 5.76. The molecule has 0 aliphatic rings. The van der Waals surface area contributed by atoms with Crippen LogP contribution in [0.3, 0.4) is 0 Å². The number of rotatable bonds is 10. The van der Waals surface area contributed by atoms with Gasteiger partial charge >= 0.3 is 6.36 Å². The van der Waals surface area contributed by atoms with Crippen molar-refractivity contribution < 1.29 is 27.5 Å². The number of hydrogen-bond acceptors (Lipinski definition) is 5. The molecule has 0 unspecified atom stereocenters. The zero-order valence-electron chi connectivity index (χ0n) is 20.7. The van der Waals surface area contributed by atoms with Crippen molar-refractivity contribution in [3.05, 3.63) is 114 Å². The third-order valence-electron chi connectivity index (χ3n) is 5.79. The molecular formula is C29H25F3N4O3. The molecule has 0 fully saturated rings. The number of pyridine rings is 2. The van der Waals surface area contributed by atoms with Gasteiger partial charge in [-0.3, -0.25) is 19.6 Å². The molecule has 0 atom stereocenters. The average molecular weight is 535 g/mol. The number of halogens is 3. The summed E-state index contributed by atoms with van der Waals surface area (Å²) < 4.78 is 40.9. The normalized spacial score (nSPS) is 11.1. The summed E-state index contributed by atoms with van der Waals surface area (Å²) in [5.41, 5.74) is 4.19. The SMILES string of the molecule is O=C(Cc1ccc(OC(F)(F)F)cc1)NCc1cnccc1-c1ccccc1C(=O)NCCc1cccnc1. The lowest BCUT2D eigenvalue weighted by Gasteiger charge is -2.14. The molecule has 0 spiro atoms. The van der Waals surface area contributed by atoms with Crippen LogP contribution in [-0.4, -0.2) is 34.7 Å². The smallest absolute Gasteiger partial charge is 0.406 e. The first-order chi connectivity index (χ1) is 18.8. The van der Waals surface area contributed by atoms with E-state index in [2.05, 4.69) is 25.3 Å². The molecule has 7 nitrogen and oxygen atoms in total. The lowest BCUT2D eigenvalue weighted by molar-refractivity contribution is -0.274. The molecule has 4 aromatic rings. The van der Waals surface area contributed by atoms with E-state index in [1.54, 1.807) is 43.0 Å². The minimum absolute atomic E-state index is 0.0299. The number of nitrogens with one attached hydrogen (secondary N) is 2. The van der Waals surface area contributed by atoms with E-state index in [4.69, 9.17) is 0 Å². The summed E-state index contributed by atoms with van der Waals surface area (Å²) in [5.74, 6) is -0.901. The average Bonchev–Trinajstić information content (AvgIpc) is 2.93. The number of benzene rings is 2. The highest BCUT2D eigenvalue weighted by Gasteiger charge is 2.31. The number of carbonyl (C=O) groups excluding carboxylic acids is 2. The van der Waals surface area contributed by atoms with Gasteiger partial charge in [-0.2, -0.15) is 0 Å². The van der Waals surface area contributed by atoms with Crippen molar-refractivity contribution in [2.75, 3.05) is 6.54 Å². The topological polar surface area (TPSA) is 93.2 Å². The third kappa shape index (κ3) is 8.13. The summed E-state index contributed by atoms with van der Waals surface area (Å²) in [7, 11) is 0. The van der Waals surface area contributed by atoms with Crippen LogP contribution >= 0.6 is 0 Å². The molecule has 0 saturated heterocycles. The molecule has 2 amide bonds. The molecule has 2 N–H and O–H groups in total. The van der Waals surface area contributed by atoms with E-state index in [0.717, 1.165) is 23.3 Å². The van der Waals surface area contributed by atoms with Crippen molar-refractivity contribution in [1.29, 1.82) is 0 Å². The van der Waals surface area contributed by atoms with Gasteiger partial charge in [0.1, 0.15) is 5.75 Å². The predicted molar refractivity (Wildman–Crippen MR) is 139 cm³/mol. The summed E-state index contributed by atoms with van der Waals surface area (Å²) in [6.45, 7) is 0.593.